The molecule has 8 heteroatoms. The van der Waals surface area contributed by atoms with Crippen molar-refractivity contribution in [3.05, 3.63) is 45.7 Å². The molecule has 0 aliphatic heterocycles. The predicted molar refractivity (Wildman–Crippen MR) is 78.3 cm³/mol. The number of nitrogens with one attached hydrogen (secondary N) is 1. The quantitative estimate of drug-likeness (QED) is 0.879. The first kappa shape index (κ1) is 15.0. The standard InChI is InChI=1S/C12H11BrClFN4O/c13-8-3-7(15)4-9(14)11(8)18-12(20)10-5-19(2-1-16)6-17-10/h3-6H,1-2,16H2,(H,18,20). The van der Waals surface area contributed by atoms with Gasteiger partial charge in [0.1, 0.15) is 11.5 Å². The van der Waals surface area contributed by atoms with Crippen LogP contribution in [0.15, 0.2) is 29.1 Å². The second-order valence-corrected chi connectivity index (χ2v) is 5.25. The molecule has 3 N–H and O–H groups in total. The fourth-order valence-electron chi connectivity index (χ4n) is 1.59. The van der Waals surface area contributed by atoms with Crippen LogP contribution in [0.25, 0.3) is 0 Å². The summed E-state index contributed by atoms with van der Waals surface area (Å²) in [5.41, 5.74) is 5.94. The lowest BCUT2D eigenvalue weighted by Gasteiger charge is -2.08. The van der Waals surface area contributed by atoms with E-state index in [9.17, 15) is 9.18 Å². The van der Waals surface area contributed by atoms with Crippen molar-refractivity contribution < 1.29 is 9.18 Å². The molecular formula is C12H11BrClFN4O. The molecule has 1 amide bonds. The number of anilines is 1. The van der Waals surface area contributed by atoms with E-state index < -0.39 is 11.7 Å². The van der Waals surface area contributed by atoms with E-state index in [0.29, 0.717) is 23.2 Å². The molecule has 20 heavy (non-hydrogen) atoms. The Kier molecular flexibility index (Phi) is 4.74. The number of rotatable bonds is 4. The van der Waals surface area contributed by atoms with Gasteiger partial charge < -0.3 is 15.6 Å². The number of amides is 1. The summed E-state index contributed by atoms with van der Waals surface area (Å²) in [6, 6.07) is 2.34. The van der Waals surface area contributed by atoms with Crippen molar-refractivity contribution in [3.8, 4) is 0 Å². The molecule has 0 bridgehead atoms. The van der Waals surface area contributed by atoms with Crippen molar-refractivity contribution in [2.24, 2.45) is 5.73 Å². The highest BCUT2D eigenvalue weighted by atomic mass is 79.9. The lowest BCUT2D eigenvalue weighted by molar-refractivity contribution is 0.102. The highest BCUT2D eigenvalue weighted by Crippen LogP contribution is 2.31. The van der Waals surface area contributed by atoms with Gasteiger partial charge in [-0.15, -0.1) is 0 Å². The zero-order chi connectivity index (χ0) is 14.7. The zero-order valence-corrected chi connectivity index (χ0v) is 12.6. The summed E-state index contributed by atoms with van der Waals surface area (Å²) in [7, 11) is 0. The van der Waals surface area contributed by atoms with Gasteiger partial charge >= 0.3 is 0 Å². The number of imidazole rings is 1. The first-order valence-electron chi connectivity index (χ1n) is 5.69. The molecule has 1 aromatic carbocycles. The molecular weight excluding hydrogens is 351 g/mol. The maximum atomic E-state index is 13.1. The van der Waals surface area contributed by atoms with Gasteiger partial charge in [0.25, 0.3) is 5.91 Å². The van der Waals surface area contributed by atoms with Crippen molar-refractivity contribution in [1.29, 1.82) is 0 Å². The molecule has 0 spiro atoms. The molecule has 2 rings (SSSR count). The van der Waals surface area contributed by atoms with E-state index in [-0.39, 0.29) is 10.7 Å². The summed E-state index contributed by atoms with van der Waals surface area (Å²) in [5.74, 6) is -0.929. The number of hydrogen-bond donors (Lipinski definition) is 2. The van der Waals surface area contributed by atoms with Crippen LogP contribution in [0.2, 0.25) is 5.02 Å². The van der Waals surface area contributed by atoms with Crippen LogP contribution < -0.4 is 11.1 Å². The lowest BCUT2D eigenvalue weighted by Crippen LogP contribution is -2.13. The Labute approximate surface area is 128 Å². The van der Waals surface area contributed by atoms with Crippen LogP contribution in [0.3, 0.4) is 0 Å². The van der Waals surface area contributed by atoms with E-state index >= 15 is 0 Å². The van der Waals surface area contributed by atoms with Crippen molar-refractivity contribution in [2.75, 3.05) is 11.9 Å². The number of benzene rings is 1. The van der Waals surface area contributed by atoms with Gasteiger partial charge in [-0.1, -0.05) is 11.6 Å². The van der Waals surface area contributed by atoms with Crippen LogP contribution in [0.1, 0.15) is 10.5 Å². The smallest absolute Gasteiger partial charge is 0.275 e. The highest BCUT2D eigenvalue weighted by molar-refractivity contribution is 9.10. The second-order valence-electron chi connectivity index (χ2n) is 3.98. The molecule has 0 radical (unpaired) electrons. The molecule has 0 saturated carbocycles. The number of nitrogens with two attached hydrogens (primary N) is 1. The Hall–Kier alpha value is -1.44. The normalized spacial score (nSPS) is 10.6. The number of carbonyl (C=O) groups excluding carboxylic acids is 1. The summed E-state index contributed by atoms with van der Waals surface area (Å²) in [6.45, 7) is 1.02. The Morgan fingerprint density at radius 2 is 2.30 bits per heavy atom. The minimum atomic E-state index is -0.493. The number of carbonyl (C=O) groups is 1. The SMILES string of the molecule is NCCn1cnc(C(=O)Nc2c(Cl)cc(F)cc2Br)c1. The van der Waals surface area contributed by atoms with Crippen LogP contribution in [0.4, 0.5) is 10.1 Å². The van der Waals surface area contributed by atoms with Gasteiger partial charge in [0.15, 0.2) is 0 Å². The second kappa shape index (κ2) is 6.34. The van der Waals surface area contributed by atoms with Crippen molar-refractivity contribution in [3.63, 3.8) is 0 Å². The first-order chi connectivity index (χ1) is 9.51. The average Bonchev–Trinajstić information content (AvgIpc) is 2.82. The summed E-state index contributed by atoms with van der Waals surface area (Å²) < 4.78 is 15.2. The Bertz CT molecular complexity index is 623. The monoisotopic (exact) mass is 360 g/mol. The first-order valence-corrected chi connectivity index (χ1v) is 6.86. The number of halogens is 3. The molecule has 106 valence electrons. The fourth-order valence-corrected chi connectivity index (χ4v) is 2.49. The van der Waals surface area contributed by atoms with Crippen LogP contribution in [-0.4, -0.2) is 22.0 Å². The van der Waals surface area contributed by atoms with Gasteiger partial charge in [-0.05, 0) is 28.1 Å². The summed E-state index contributed by atoms with van der Waals surface area (Å²) in [4.78, 5) is 16.0. The Balaban J connectivity index is 2.19. The highest BCUT2D eigenvalue weighted by Gasteiger charge is 2.14. The van der Waals surface area contributed by atoms with E-state index in [2.05, 4.69) is 26.2 Å². The van der Waals surface area contributed by atoms with Gasteiger partial charge in [-0.25, -0.2) is 9.37 Å². The van der Waals surface area contributed by atoms with Crippen LogP contribution in [-0.2, 0) is 6.54 Å². The average molecular weight is 362 g/mol. The molecule has 2 aromatic rings. The molecule has 0 unspecified atom stereocenters. The molecule has 0 fully saturated rings. The van der Waals surface area contributed by atoms with E-state index in [0.717, 1.165) is 6.07 Å². The Morgan fingerprint density at radius 1 is 1.55 bits per heavy atom. The van der Waals surface area contributed by atoms with Gasteiger partial charge in [-0.3, -0.25) is 4.79 Å². The third-order valence-corrected chi connectivity index (χ3v) is 3.42. The lowest BCUT2D eigenvalue weighted by atomic mass is 10.3. The van der Waals surface area contributed by atoms with E-state index in [1.54, 1.807) is 10.8 Å². The summed E-state index contributed by atoms with van der Waals surface area (Å²) >= 11 is 9.04. The maximum Gasteiger partial charge on any atom is 0.275 e. The van der Waals surface area contributed by atoms with Crippen molar-refractivity contribution >= 4 is 39.1 Å². The topological polar surface area (TPSA) is 72.9 Å². The Morgan fingerprint density at radius 3 is 2.95 bits per heavy atom. The van der Waals surface area contributed by atoms with Gasteiger partial charge in [0, 0.05) is 23.8 Å². The van der Waals surface area contributed by atoms with Gasteiger partial charge in [0.05, 0.1) is 17.0 Å². The molecule has 0 aliphatic rings. The van der Waals surface area contributed by atoms with Gasteiger partial charge in [-0.2, -0.15) is 0 Å². The molecule has 1 heterocycles. The third kappa shape index (κ3) is 3.36. The largest absolute Gasteiger partial charge is 0.335 e. The number of aromatic nitrogens is 2. The van der Waals surface area contributed by atoms with Crippen LogP contribution in [0, 0.1) is 5.82 Å². The van der Waals surface area contributed by atoms with Crippen molar-refractivity contribution in [1.82, 2.24) is 9.55 Å². The molecule has 5 nitrogen and oxygen atoms in total. The van der Waals surface area contributed by atoms with E-state index in [1.165, 1.54) is 12.4 Å². The fraction of sp³-hybridized carbons (Fsp3) is 0.167. The molecule has 0 aliphatic carbocycles. The van der Waals surface area contributed by atoms with E-state index in [1.807, 2.05) is 0 Å². The maximum absolute atomic E-state index is 13.1. The summed E-state index contributed by atoms with van der Waals surface area (Å²) in [5, 5.41) is 2.69. The zero-order valence-electron chi connectivity index (χ0n) is 10.2. The molecule has 0 atom stereocenters. The van der Waals surface area contributed by atoms with Crippen molar-refractivity contribution in [2.45, 2.75) is 6.54 Å². The minimum Gasteiger partial charge on any atom is -0.335 e. The summed E-state index contributed by atoms with van der Waals surface area (Å²) in [6.07, 6.45) is 3.09. The molecule has 0 saturated heterocycles. The van der Waals surface area contributed by atoms with Crippen LogP contribution >= 0.6 is 27.5 Å². The number of hydrogen-bond acceptors (Lipinski definition) is 3. The molecule has 1 aromatic heterocycles. The third-order valence-electron chi connectivity index (χ3n) is 2.50. The van der Waals surface area contributed by atoms with Gasteiger partial charge in [0.2, 0.25) is 0 Å². The van der Waals surface area contributed by atoms with Crippen LogP contribution in [0.5, 0.6) is 0 Å². The minimum absolute atomic E-state index is 0.103. The van der Waals surface area contributed by atoms with E-state index in [4.69, 9.17) is 17.3 Å². The predicted octanol–water partition coefficient (Wildman–Crippen LogP) is 2.65. The number of nitrogens with zero attached hydrogens (tertiary/aromatic N) is 2.